The molecular formula is C40H47Cl2N5O3. The Balaban J connectivity index is 1.44. The van der Waals surface area contributed by atoms with E-state index in [1.807, 2.05) is 50.7 Å². The molecule has 0 atom stereocenters. The number of morpholine rings is 1. The summed E-state index contributed by atoms with van der Waals surface area (Å²) in [6.45, 7) is 15.6. The van der Waals surface area contributed by atoms with Gasteiger partial charge in [-0.3, -0.25) is 14.4 Å². The summed E-state index contributed by atoms with van der Waals surface area (Å²) in [5.74, 6) is 0.690. The molecule has 50 heavy (non-hydrogen) atoms. The minimum Gasteiger partial charge on any atom is -0.494 e. The number of nitrogens with one attached hydrogen (secondary N) is 1. The predicted molar refractivity (Wildman–Crippen MR) is 203 cm³/mol. The number of amides is 1. The van der Waals surface area contributed by atoms with E-state index in [1.165, 1.54) is 5.56 Å². The second-order valence-corrected chi connectivity index (χ2v) is 14.2. The minimum absolute atomic E-state index is 0.106. The molecule has 1 fully saturated rings. The Morgan fingerprint density at radius 1 is 0.940 bits per heavy atom. The Morgan fingerprint density at radius 3 is 2.30 bits per heavy atom. The van der Waals surface area contributed by atoms with E-state index < -0.39 is 0 Å². The van der Waals surface area contributed by atoms with Crippen LogP contribution in [-0.4, -0.2) is 64.6 Å². The lowest BCUT2D eigenvalue weighted by molar-refractivity contribution is 0.0364. The van der Waals surface area contributed by atoms with Gasteiger partial charge in [-0.25, -0.2) is 0 Å². The van der Waals surface area contributed by atoms with Gasteiger partial charge in [0.25, 0.3) is 5.91 Å². The molecule has 264 valence electrons. The molecule has 1 amide bonds. The fourth-order valence-corrected chi connectivity index (χ4v) is 7.42. The summed E-state index contributed by atoms with van der Waals surface area (Å²) in [4.78, 5) is 16.9. The predicted octanol–water partition coefficient (Wildman–Crippen LogP) is 8.16. The van der Waals surface area contributed by atoms with Gasteiger partial charge in [0.15, 0.2) is 0 Å². The fraction of sp³-hybridized carbons (Fsp3) is 0.400. The highest BCUT2D eigenvalue weighted by atomic mass is 35.5. The molecule has 5 aromatic rings. The smallest absolute Gasteiger partial charge is 0.268 e. The van der Waals surface area contributed by atoms with E-state index in [4.69, 9.17) is 37.8 Å². The number of benzene rings is 3. The number of hydrogen-bond donors (Lipinski definition) is 1. The number of rotatable bonds is 12. The van der Waals surface area contributed by atoms with Gasteiger partial charge in [0.2, 0.25) is 0 Å². The molecule has 3 aromatic carbocycles. The number of hydrogen-bond acceptors (Lipinski definition) is 5. The number of ether oxygens (including phenoxy) is 2. The first-order valence-corrected chi connectivity index (χ1v) is 18.2. The standard InChI is InChI=1S/C40H47Cl2N5O3/c1-25-9-11-30(12-10-25)24-43-40(48)39-32(8-7-19-50-31-22-26(2)37(42)27(3)23-31)33-13-14-34(41)36(35-28(4)44-45(6)29(35)5)38(33)47(39)16-15-46-17-20-49-21-18-46/h9-14,22-23H,7-8,15-21,24H2,1-6H3,(H,43,48). The van der Waals surface area contributed by atoms with Gasteiger partial charge in [0.1, 0.15) is 11.4 Å². The Morgan fingerprint density at radius 2 is 1.64 bits per heavy atom. The first-order valence-electron chi connectivity index (χ1n) is 17.4. The van der Waals surface area contributed by atoms with E-state index in [-0.39, 0.29) is 5.91 Å². The molecule has 1 N–H and O–H groups in total. The summed E-state index contributed by atoms with van der Waals surface area (Å²) in [7, 11) is 1.95. The molecule has 0 bridgehead atoms. The monoisotopic (exact) mass is 715 g/mol. The summed E-state index contributed by atoms with van der Waals surface area (Å²) >= 11 is 13.5. The number of aromatic nitrogens is 3. The van der Waals surface area contributed by atoms with Gasteiger partial charge in [0.05, 0.1) is 36.1 Å². The van der Waals surface area contributed by atoms with Crippen molar-refractivity contribution in [1.82, 2.24) is 24.6 Å². The molecule has 10 heteroatoms. The number of nitrogens with zero attached hydrogens (tertiary/aromatic N) is 4. The zero-order valence-corrected chi connectivity index (χ0v) is 31.5. The van der Waals surface area contributed by atoms with Crippen LogP contribution in [0.3, 0.4) is 0 Å². The van der Waals surface area contributed by atoms with Crippen LogP contribution in [0.5, 0.6) is 5.75 Å². The lowest BCUT2D eigenvalue weighted by atomic mass is 9.98. The van der Waals surface area contributed by atoms with Crippen LogP contribution < -0.4 is 10.1 Å². The van der Waals surface area contributed by atoms with Gasteiger partial charge >= 0.3 is 0 Å². The summed E-state index contributed by atoms with van der Waals surface area (Å²) < 4.78 is 16.0. The topological polar surface area (TPSA) is 73.5 Å². The maximum atomic E-state index is 14.5. The van der Waals surface area contributed by atoms with Gasteiger partial charge in [-0.15, -0.1) is 0 Å². The highest BCUT2D eigenvalue weighted by Crippen LogP contribution is 2.42. The lowest BCUT2D eigenvalue weighted by Gasteiger charge is -2.27. The van der Waals surface area contributed by atoms with Crippen molar-refractivity contribution in [2.75, 3.05) is 39.5 Å². The van der Waals surface area contributed by atoms with Crippen molar-refractivity contribution >= 4 is 40.0 Å². The minimum atomic E-state index is -0.106. The van der Waals surface area contributed by atoms with Gasteiger partial charge < -0.3 is 19.4 Å². The van der Waals surface area contributed by atoms with E-state index in [2.05, 4.69) is 59.0 Å². The number of carbonyl (C=O) groups is 1. The van der Waals surface area contributed by atoms with Crippen LogP contribution in [0.1, 0.15) is 56.1 Å². The summed E-state index contributed by atoms with van der Waals surface area (Å²) in [5, 5.41) is 10.4. The zero-order chi connectivity index (χ0) is 35.5. The average molecular weight is 717 g/mol. The third-order valence-corrected chi connectivity index (χ3v) is 10.7. The molecule has 0 spiro atoms. The molecule has 6 rings (SSSR count). The van der Waals surface area contributed by atoms with Gasteiger partial charge in [-0.05, 0) is 87.9 Å². The molecule has 3 heterocycles. The molecule has 8 nitrogen and oxygen atoms in total. The van der Waals surface area contributed by atoms with E-state index in [0.717, 1.165) is 86.1 Å². The van der Waals surface area contributed by atoms with Crippen molar-refractivity contribution in [3.63, 3.8) is 0 Å². The molecule has 2 aromatic heterocycles. The summed E-state index contributed by atoms with van der Waals surface area (Å²) in [5.41, 5.74) is 10.7. The largest absolute Gasteiger partial charge is 0.494 e. The van der Waals surface area contributed by atoms with Crippen LogP contribution in [0.25, 0.3) is 22.0 Å². The van der Waals surface area contributed by atoms with E-state index in [9.17, 15) is 4.79 Å². The van der Waals surface area contributed by atoms with Crippen molar-refractivity contribution in [2.45, 2.75) is 60.5 Å². The maximum Gasteiger partial charge on any atom is 0.268 e. The van der Waals surface area contributed by atoms with Crippen molar-refractivity contribution in [3.8, 4) is 16.9 Å². The highest BCUT2D eigenvalue weighted by molar-refractivity contribution is 6.35. The third kappa shape index (κ3) is 7.59. The quantitative estimate of drug-likeness (QED) is 0.132. The van der Waals surface area contributed by atoms with Crippen LogP contribution in [0.15, 0.2) is 48.5 Å². The van der Waals surface area contributed by atoms with E-state index >= 15 is 0 Å². The third-order valence-electron chi connectivity index (χ3n) is 9.82. The van der Waals surface area contributed by atoms with Gasteiger partial charge in [0, 0.05) is 67.0 Å². The number of halogens is 2. The van der Waals surface area contributed by atoms with Crippen molar-refractivity contribution < 1.29 is 14.3 Å². The van der Waals surface area contributed by atoms with Crippen LogP contribution in [-0.2, 0) is 31.3 Å². The Labute approximate surface area is 305 Å². The second kappa shape index (κ2) is 15.6. The molecular weight excluding hydrogens is 669 g/mol. The summed E-state index contributed by atoms with van der Waals surface area (Å²) in [6, 6.07) is 16.3. The Bertz CT molecular complexity index is 1990. The molecule has 1 aliphatic heterocycles. The van der Waals surface area contributed by atoms with Crippen molar-refractivity contribution in [1.29, 1.82) is 0 Å². The van der Waals surface area contributed by atoms with Crippen LogP contribution in [0.4, 0.5) is 0 Å². The molecule has 1 aliphatic rings. The number of carbonyl (C=O) groups excluding carboxylic acids is 1. The number of aryl methyl sites for hydroxylation is 6. The zero-order valence-electron chi connectivity index (χ0n) is 30.0. The van der Waals surface area contributed by atoms with Crippen LogP contribution in [0.2, 0.25) is 10.0 Å². The first kappa shape index (κ1) is 36.0. The average Bonchev–Trinajstić information content (AvgIpc) is 3.55. The Kier molecular flexibility index (Phi) is 11.2. The maximum absolute atomic E-state index is 14.5. The molecule has 0 saturated carbocycles. The summed E-state index contributed by atoms with van der Waals surface area (Å²) in [6.07, 6.45) is 1.36. The Hall–Kier alpha value is -3.82. The second-order valence-electron chi connectivity index (χ2n) is 13.4. The molecule has 0 unspecified atom stereocenters. The SMILES string of the molecule is Cc1ccc(CNC(=O)c2c(CCCOc3cc(C)c(Cl)c(C)c3)c3ccc(Cl)c(-c4c(C)nn(C)c4C)c3n2CCN2CCOCC2)cc1. The molecule has 0 radical (unpaired) electrons. The van der Waals surface area contributed by atoms with Crippen LogP contribution in [0, 0.1) is 34.6 Å². The molecule has 1 saturated heterocycles. The lowest BCUT2D eigenvalue weighted by Crippen LogP contribution is -2.38. The van der Waals surface area contributed by atoms with Crippen LogP contribution >= 0.6 is 23.2 Å². The van der Waals surface area contributed by atoms with Gasteiger partial charge in [-0.2, -0.15) is 5.10 Å². The molecule has 0 aliphatic carbocycles. The van der Waals surface area contributed by atoms with Gasteiger partial charge in [-0.1, -0.05) is 59.1 Å². The highest BCUT2D eigenvalue weighted by Gasteiger charge is 2.28. The first-order chi connectivity index (χ1) is 24.0. The van der Waals surface area contributed by atoms with Crippen molar-refractivity contribution in [2.24, 2.45) is 7.05 Å². The van der Waals surface area contributed by atoms with Crippen molar-refractivity contribution in [3.05, 3.63) is 103 Å². The number of fused-ring (bicyclic) bond motifs is 1. The normalized spacial score (nSPS) is 13.7. The van der Waals surface area contributed by atoms with E-state index in [0.29, 0.717) is 56.5 Å². The van der Waals surface area contributed by atoms with E-state index in [1.54, 1.807) is 0 Å². The fourth-order valence-electron chi connectivity index (χ4n) is 7.07.